The maximum absolute atomic E-state index is 5.59. The van der Waals surface area contributed by atoms with Crippen molar-refractivity contribution in [2.24, 2.45) is 0 Å². The van der Waals surface area contributed by atoms with Crippen molar-refractivity contribution in [3.8, 4) is 11.5 Å². The lowest BCUT2D eigenvalue weighted by atomic mass is 10.2. The minimum absolute atomic E-state index is 0.533. The van der Waals surface area contributed by atoms with E-state index in [2.05, 4.69) is 10.6 Å². The smallest absolute Gasteiger partial charge is 0.171 e. The maximum atomic E-state index is 5.59. The van der Waals surface area contributed by atoms with Gasteiger partial charge in [-0.1, -0.05) is 0 Å². The normalized spacial score (nSPS) is 13.8. The largest absolute Gasteiger partial charge is 0.494 e. The number of nitrogens with one attached hydrogen (secondary N) is 2. The van der Waals surface area contributed by atoms with Gasteiger partial charge in [-0.2, -0.15) is 0 Å². The molecule has 5 heteroatoms. The summed E-state index contributed by atoms with van der Waals surface area (Å²) in [6, 6.07) is 6.24. The Labute approximate surface area is 119 Å². The summed E-state index contributed by atoms with van der Waals surface area (Å²) >= 11 is 5.29. The van der Waals surface area contributed by atoms with E-state index in [-0.39, 0.29) is 0 Å². The Balaban J connectivity index is 2.08. The molecule has 1 aromatic carbocycles. The lowest BCUT2D eigenvalue weighted by molar-refractivity contribution is 0.332. The summed E-state index contributed by atoms with van der Waals surface area (Å²) in [5, 5.41) is 7.06. The first kappa shape index (κ1) is 13.9. The molecule has 0 spiro atoms. The van der Waals surface area contributed by atoms with Gasteiger partial charge in [0.05, 0.1) is 18.9 Å². The zero-order chi connectivity index (χ0) is 13.7. The van der Waals surface area contributed by atoms with E-state index in [9.17, 15) is 0 Å². The standard InChI is InChI=1S/C14H20N2O2S/c1-3-17-11-7-8-13(18-4-2)12(9-11)16-14(19)15-10-5-6-10/h7-10H,3-6H2,1-2H3,(H2,15,16,19). The second-order valence-corrected chi connectivity index (χ2v) is 4.80. The Bertz CT molecular complexity index is 447. The van der Waals surface area contributed by atoms with Crippen LogP contribution < -0.4 is 20.1 Å². The van der Waals surface area contributed by atoms with Crippen LogP contribution in [-0.4, -0.2) is 24.4 Å². The third kappa shape index (κ3) is 4.28. The molecule has 0 radical (unpaired) electrons. The molecule has 0 heterocycles. The molecule has 0 aliphatic heterocycles. The highest BCUT2D eigenvalue weighted by Crippen LogP contribution is 2.29. The summed E-state index contributed by atoms with van der Waals surface area (Å²) in [6.45, 7) is 5.17. The predicted molar refractivity (Wildman–Crippen MR) is 81.2 cm³/mol. The molecule has 1 fully saturated rings. The van der Waals surface area contributed by atoms with Crippen LogP contribution in [0.5, 0.6) is 11.5 Å². The highest BCUT2D eigenvalue weighted by molar-refractivity contribution is 7.80. The van der Waals surface area contributed by atoms with Crippen molar-refractivity contribution in [2.75, 3.05) is 18.5 Å². The third-order valence-corrected chi connectivity index (χ3v) is 2.94. The number of anilines is 1. The number of hydrogen-bond donors (Lipinski definition) is 2. The highest BCUT2D eigenvalue weighted by Gasteiger charge is 2.22. The maximum Gasteiger partial charge on any atom is 0.171 e. The van der Waals surface area contributed by atoms with Gasteiger partial charge in [0.1, 0.15) is 11.5 Å². The van der Waals surface area contributed by atoms with Crippen molar-refractivity contribution in [3.63, 3.8) is 0 Å². The fourth-order valence-corrected chi connectivity index (χ4v) is 1.99. The van der Waals surface area contributed by atoms with Gasteiger partial charge in [-0.25, -0.2) is 0 Å². The minimum Gasteiger partial charge on any atom is -0.494 e. The van der Waals surface area contributed by atoms with E-state index in [4.69, 9.17) is 21.7 Å². The van der Waals surface area contributed by atoms with Crippen molar-refractivity contribution >= 4 is 23.0 Å². The lowest BCUT2D eigenvalue weighted by Gasteiger charge is -2.15. The second kappa shape index (κ2) is 6.61. The third-order valence-electron chi connectivity index (χ3n) is 2.72. The van der Waals surface area contributed by atoms with Gasteiger partial charge in [0, 0.05) is 12.1 Å². The summed E-state index contributed by atoms with van der Waals surface area (Å²) in [5.41, 5.74) is 0.839. The van der Waals surface area contributed by atoms with Crippen LogP contribution in [0.2, 0.25) is 0 Å². The molecule has 0 saturated heterocycles. The van der Waals surface area contributed by atoms with E-state index >= 15 is 0 Å². The first-order valence-electron chi connectivity index (χ1n) is 6.70. The van der Waals surface area contributed by atoms with Crippen molar-refractivity contribution in [3.05, 3.63) is 18.2 Å². The van der Waals surface area contributed by atoms with Gasteiger partial charge in [-0.3, -0.25) is 0 Å². The molecule has 104 valence electrons. The molecular formula is C14H20N2O2S. The summed E-state index contributed by atoms with van der Waals surface area (Å²) in [7, 11) is 0. The van der Waals surface area contributed by atoms with Crippen molar-refractivity contribution in [1.29, 1.82) is 0 Å². The number of ether oxygens (including phenoxy) is 2. The van der Waals surface area contributed by atoms with Crippen LogP contribution in [0.1, 0.15) is 26.7 Å². The molecule has 19 heavy (non-hydrogen) atoms. The monoisotopic (exact) mass is 280 g/mol. The summed E-state index contributed by atoms with van der Waals surface area (Å²) in [5.74, 6) is 1.59. The molecule has 1 aliphatic carbocycles. The van der Waals surface area contributed by atoms with E-state index < -0.39 is 0 Å². The molecule has 2 N–H and O–H groups in total. The highest BCUT2D eigenvalue weighted by atomic mass is 32.1. The van der Waals surface area contributed by atoms with Crippen molar-refractivity contribution < 1.29 is 9.47 Å². The van der Waals surface area contributed by atoms with Gasteiger partial charge in [0.25, 0.3) is 0 Å². The zero-order valence-corrected chi connectivity index (χ0v) is 12.2. The Morgan fingerprint density at radius 1 is 1.26 bits per heavy atom. The van der Waals surface area contributed by atoms with E-state index in [0.717, 1.165) is 17.2 Å². The molecule has 4 nitrogen and oxygen atoms in total. The quantitative estimate of drug-likeness (QED) is 0.784. The van der Waals surface area contributed by atoms with Crippen LogP contribution >= 0.6 is 12.2 Å². The van der Waals surface area contributed by atoms with Crippen LogP contribution in [0.3, 0.4) is 0 Å². The van der Waals surface area contributed by atoms with Crippen LogP contribution in [0.25, 0.3) is 0 Å². The van der Waals surface area contributed by atoms with Crippen LogP contribution in [0.15, 0.2) is 18.2 Å². The topological polar surface area (TPSA) is 42.5 Å². The molecule has 1 aliphatic rings. The lowest BCUT2D eigenvalue weighted by Crippen LogP contribution is -2.30. The summed E-state index contributed by atoms with van der Waals surface area (Å²) < 4.78 is 11.1. The molecule has 0 atom stereocenters. The first-order valence-corrected chi connectivity index (χ1v) is 7.11. The average Bonchev–Trinajstić information content (AvgIpc) is 3.17. The molecule has 1 saturated carbocycles. The molecule has 1 aromatic rings. The number of benzene rings is 1. The van der Waals surface area contributed by atoms with Gasteiger partial charge in [-0.15, -0.1) is 0 Å². The predicted octanol–water partition coefficient (Wildman–Crippen LogP) is 2.93. The van der Waals surface area contributed by atoms with Crippen LogP contribution in [-0.2, 0) is 0 Å². The van der Waals surface area contributed by atoms with E-state index in [0.29, 0.717) is 24.4 Å². The molecule has 0 unspecified atom stereocenters. The molecule has 0 amide bonds. The van der Waals surface area contributed by atoms with E-state index in [1.54, 1.807) is 0 Å². The van der Waals surface area contributed by atoms with Gasteiger partial charge in [0.15, 0.2) is 5.11 Å². The molecule has 0 aromatic heterocycles. The first-order chi connectivity index (χ1) is 9.22. The Kier molecular flexibility index (Phi) is 4.85. The van der Waals surface area contributed by atoms with Crippen LogP contribution in [0.4, 0.5) is 5.69 Å². The van der Waals surface area contributed by atoms with E-state index in [1.807, 2.05) is 32.0 Å². The Morgan fingerprint density at radius 3 is 2.63 bits per heavy atom. The number of thiocarbonyl (C=S) groups is 1. The van der Waals surface area contributed by atoms with Crippen molar-refractivity contribution in [2.45, 2.75) is 32.7 Å². The minimum atomic E-state index is 0.533. The molecule has 2 rings (SSSR count). The fourth-order valence-electron chi connectivity index (χ4n) is 1.72. The number of hydrogen-bond acceptors (Lipinski definition) is 3. The van der Waals surface area contributed by atoms with Gasteiger partial charge < -0.3 is 20.1 Å². The SMILES string of the molecule is CCOc1ccc(OCC)c(NC(=S)NC2CC2)c1. The van der Waals surface area contributed by atoms with Gasteiger partial charge in [0.2, 0.25) is 0 Å². The number of rotatable bonds is 6. The zero-order valence-electron chi connectivity index (χ0n) is 11.4. The van der Waals surface area contributed by atoms with E-state index in [1.165, 1.54) is 12.8 Å². The average molecular weight is 280 g/mol. The Hall–Kier alpha value is -1.49. The fraction of sp³-hybridized carbons (Fsp3) is 0.500. The molecule has 0 bridgehead atoms. The second-order valence-electron chi connectivity index (χ2n) is 4.40. The van der Waals surface area contributed by atoms with Gasteiger partial charge in [-0.05, 0) is 51.0 Å². The molecular weight excluding hydrogens is 260 g/mol. The summed E-state index contributed by atoms with van der Waals surface area (Å²) in [4.78, 5) is 0. The Morgan fingerprint density at radius 2 is 2.00 bits per heavy atom. The van der Waals surface area contributed by atoms with Gasteiger partial charge >= 0.3 is 0 Å². The van der Waals surface area contributed by atoms with Crippen LogP contribution in [0, 0.1) is 0 Å². The van der Waals surface area contributed by atoms with Crippen molar-refractivity contribution in [1.82, 2.24) is 5.32 Å². The summed E-state index contributed by atoms with van der Waals surface area (Å²) in [6.07, 6.45) is 2.39.